The van der Waals surface area contributed by atoms with Gasteiger partial charge in [-0.1, -0.05) is 0 Å². The van der Waals surface area contributed by atoms with Crippen LogP contribution in [0.1, 0.15) is 0 Å². The number of nitrogens with zero attached hydrogens (tertiary/aromatic N) is 2. The number of amides is 1. The number of ether oxygens (including phenoxy) is 1. The molecular formula is C14H10F2N2O5. The van der Waals surface area contributed by atoms with E-state index < -0.39 is 34.1 Å². The van der Waals surface area contributed by atoms with E-state index in [2.05, 4.69) is 0 Å². The normalized spacial score (nSPS) is 10.2. The molecule has 7 nitrogen and oxygen atoms in total. The molecule has 1 amide bonds. The lowest BCUT2D eigenvalue weighted by Gasteiger charge is -2.15. The molecule has 0 spiro atoms. The Labute approximate surface area is 128 Å². The van der Waals surface area contributed by atoms with Crippen LogP contribution < -0.4 is 9.64 Å². The van der Waals surface area contributed by atoms with Gasteiger partial charge < -0.3 is 9.84 Å². The van der Waals surface area contributed by atoms with Crippen molar-refractivity contribution in [3.63, 3.8) is 0 Å². The summed E-state index contributed by atoms with van der Waals surface area (Å²) < 4.78 is 31.8. The zero-order chi connectivity index (χ0) is 17.1. The summed E-state index contributed by atoms with van der Waals surface area (Å²) in [5.41, 5.74) is -0.737. The van der Waals surface area contributed by atoms with E-state index in [-0.39, 0.29) is 11.4 Å². The smallest absolute Gasteiger partial charge is 0.411 e. The maximum absolute atomic E-state index is 13.5. The lowest BCUT2D eigenvalue weighted by Crippen LogP contribution is -2.24. The molecule has 0 radical (unpaired) electrons. The molecule has 2 aromatic carbocycles. The van der Waals surface area contributed by atoms with Gasteiger partial charge in [-0.25, -0.2) is 13.6 Å². The molecule has 0 bridgehead atoms. The molecule has 0 saturated carbocycles. The van der Waals surface area contributed by atoms with Gasteiger partial charge in [0.25, 0.3) is 5.69 Å². The quantitative estimate of drug-likeness (QED) is 0.682. The third-order valence-corrected chi connectivity index (χ3v) is 2.91. The monoisotopic (exact) mass is 324 g/mol. The van der Waals surface area contributed by atoms with Crippen LogP contribution in [0.2, 0.25) is 0 Å². The number of hydrogen-bond acceptors (Lipinski definition) is 4. The van der Waals surface area contributed by atoms with Crippen LogP contribution in [0.3, 0.4) is 0 Å². The minimum absolute atomic E-state index is 0.0804. The van der Waals surface area contributed by atoms with Gasteiger partial charge in [-0.3, -0.25) is 15.0 Å². The van der Waals surface area contributed by atoms with Gasteiger partial charge in [0.2, 0.25) is 0 Å². The second-order valence-corrected chi connectivity index (χ2v) is 4.43. The number of nitro groups is 1. The van der Waals surface area contributed by atoms with Crippen LogP contribution in [0.5, 0.6) is 11.5 Å². The van der Waals surface area contributed by atoms with E-state index >= 15 is 0 Å². The number of carbonyl (C=O) groups is 1. The molecule has 0 atom stereocenters. The number of carboxylic acid groups (broad SMARTS) is 1. The number of rotatable bonds is 4. The maximum Gasteiger partial charge on any atom is 0.411 e. The summed E-state index contributed by atoms with van der Waals surface area (Å²) in [6, 6.07) is 5.79. The molecule has 0 saturated heterocycles. The van der Waals surface area contributed by atoms with Gasteiger partial charge in [0, 0.05) is 25.2 Å². The summed E-state index contributed by atoms with van der Waals surface area (Å²) in [5, 5.41) is 19.9. The molecular weight excluding hydrogens is 314 g/mol. The molecule has 9 heteroatoms. The molecule has 2 rings (SSSR count). The van der Waals surface area contributed by atoms with E-state index in [0.29, 0.717) is 4.90 Å². The lowest BCUT2D eigenvalue weighted by atomic mass is 10.2. The highest BCUT2D eigenvalue weighted by atomic mass is 19.1. The van der Waals surface area contributed by atoms with Crippen molar-refractivity contribution in [1.29, 1.82) is 0 Å². The largest absolute Gasteiger partial charge is 0.465 e. The van der Waals surface area contributed by atoms with Crippen molar-refractivity contribution < 1.29 is 28.3 Å². The molecule has 2 aromatic rings. The molecule has 0 aliphatic carbocycles. The highest BCUT2D eigenvalue weighted by Gasteiger charge is 2.22. The molecule has 120 valence electrons. The predicted octanol–water partition coefficient (Wildman–Crippen LogP) is 3.78. The Bertz CT molecular complexity index is 782. The Morgan fingerprint density at radius 2 is 1.96 bits per heavy atom. The summed E-state index contributed by atoms with van der Waals surface area (Å²) in [4.78, 5) is 21.8. The number of nitro benzene ring substituents is 1. The molecule has 0 fully saturated rings. The Balaban J connectivity index is 2.44. The Morgan fingerprint density at radius 3 is 2.57 bits per heavy atom. The predicted molar refractivity (Wildman–Crippen MR) is 76.0 cm³/mol. The maximum atomic E-state index is 13.5. The molecule has 0 heterocycles. The number of halogens is 2. The van der Waals surface area contributed by atoms with Crippen LogP contribution in [0.4, 0.5) is 25.0 Å². The van der Waals surface area contributed by atoms with E-state index in [0.717, 1.165) is 43.4 Å². The second-order valence-electron chi connectivity index (χ2n) is 4.43. The summed E-state index contributed by atoms with van der Waals surface area (Å²) in [6.07, 6.45) is -1.43. The van der Waals surface area contributed by atoms with Gasteiger partial charge in [0.1, 0.15) is 17.3 Å². The molecule has 0 unspecified atom stereocenters. The van der Waals surface area contributed by atoms with Gasteiger partial charge in [0.05, 0.1) is 4.92 Å². The van der Waals surface area contributed by atoms with E-state index in [1.54, 1.807) is 0 Å². The lowest BCUT2D eigenvalue weighted by molar-refractivity contribution is -0.384. The van der Waals surface area contributed by atoms with Crippen LogP contribution in [0.15, 0.2) is 36.4 Å². The van der Waals surface area contributed by atoms with Gasteiger partial charge in [-0.15, -0.1) is 0 Å². The minimum Gasteiger partial charge on any atom is -0.465 e. The Morgan fingerprint density at radius 1 is 1.26 bits per heavy atom. The van der Waals surface area contributed by atoms with Crippen molar-refractivity contribution in [1.82, 2.24) is 0 Å². The first kappa shape index (κ1) is 16.1. The third-order valence-electron chi connectivity index (χ3n) is 2.91. The minimum atomic E-state index is -1.43. The molecule has 0 aromatic heterocycles. The fourth-order valence-electron chi connectivity index (χ4n) is 1.78. The first-order chi connectivity index (χ1) is 10.8. The summed E-state index contributed by atoms with van der Waals surface area (Å²) >= 11 is 0. The van der Waals surface area contributed by atoms with Crippen molar-refractivity contribution in [3.8, 4) is 11.5 Å². The zero-order valence-corrected chi connectivity index (χ0v) is 11.7. The first-order valence-electron chi connectivity index (χ1n) is 6.17. The van der Waals surface area contributed by atoms with Gasteiger partial charge in [-0.2, -0.15) is 0 Å². The zero-order valence-electron chi connectivity index (χ0n) is 11.7. The van der Waals surface area contributed by atoms with Crippen LogP contribution in [0.25, 0.3) is 0 Å². The Hall–Kier alpha value is -3.23. The summed E-state index contributed by atoms with van der Waals surface area (Å²) in [7, 11) is 1.11. The van der Waals surface area contributed by atoms with Gasteiger partial charge in [-0.05, 0) is 18.2 Å². The number of anilines is 1. The highest BCUT2D eigenvalue weighted by molar-refractivity contribution is 5.89. The molecule has 0 aliphatic rings. The van der Waals surface area contributed by atoms with Crippen molar-refractivity contribution >= 4 is 17.5 Å². The van der Waals surface area contributed by atoms with E-state index in [1.165, 1.54) is 0 Å². The third kappa shape index (κ3) is 3.51. The number of hydrogen-bond donors (Lipinski definition) is 1. The van der Waals surface area contributed by atoms with E-state index in [4.69, 9.17) is 9.84 Å². The first-order valence-corrected chi connectivity index (χ1v) is 6.17. The summed E-state index contributed by atoms with van der Waals surface area (Å²) in [6.45, 7) is 0. The SMILES string of the molecule is CN(C(=O)O)c1cc(Oc2cc(F)ccc2F)ccc1[N+](=O)[O-]. The Kier molecular flexibility index (Phi) is 4.39. The fourth-order valence-corrected chi connectivity index (χ4v) is 1.78. The fraction of sp³-hybridized carbons (Fsp3) is 0.0714. The van der Waals surface area contributed by atoms with Crippen molar-refractivity contribution in [3.05, 3.63) is 58.1 Å². The van der Waals surface area contributed by atoms with Crippen molar-refractivity contribution in [2.24, 2.45) is 0 Å². The van der Waals surface area contributed by atoms with Crippen LogP contribution in [-0.2, 0) is 0 Å². The van der Waals surface area contributed by atoms with Gasteiger partial charge in [0.15, 0.2) is 11.6 Å². The molecule has 0 aliphatic heterocycles. The molecule has 23 heavy (non-hydrogen) atoms. The second kappa shape index (κ2) is 6.26. The van der Waals surface area contributed by atoms with E-state index in [9.17, 15) is 23.7 Å². The van der Waals surface area contributed by atoms with Crippen LogP contribution >= 0.6 is 0 Å². The van der Waals surface area contributed by atoms with Crippen LogP contribution in [-0.4, -0.2) is 23.2 Å². The van der Waals surface area contributed by atoms with Crippen LogP contribution in [0, 0.1) is 21.7 Å². The standard InChI is InChI=1S/C14H10F2N2O5/c1-17(14(19)20)12-7-9(3-5-11(12)18(21)22)23-13-6-8(15)2-4-10(13)16/h2-7H,1H3,(H,19,20). The number of benzene rings is 2. The average molecular weight is 324 g/mol. The van der Waals surface area contributed by atoms with E-state index in [1.807, 2.05) is 0 Å². The topological polar surface area (TPSA) is 92.9 Å². The molecule has 1 N–H and O–H groups in total. The average Bonchev–Trinajstić information content (AvgIpc) is 2.49. The van der Waals surface area contributed by atoms with Gasteiger partial charge >= 0.3 is 6.09 Å². The summed E-state index contributed by atoms with van der Waals surface area (Å²) in [5.74, 6) is -2.07. The highest BCUT2D eigenvalue weighted by Crippen LogP contribution is 2.34. The van der Waals surface area contributed by atoms with Crippen molar-refractivity contribution in [2.75, 3.05) is 11.9 Å². The van der Waals surface area contributed by atoms with Crippen molar-refractivity contribution in [2.45, 2.75) is 0 Å².